The molecule has 47 heavy (non-hydrogen) atoms. The van der Waals surface area contributed by atoms with Gasteiger partial charge in [-0.3, -0.25) is 14.5 Å². The molecule has 0 aliphatic carbocycles. The third kappa shape index (κ3) is 12.1. The lowest BCUT2D eigenvalue weighted by Crippen LogP contribution is -2.47. The van der Waals surface area contributed by atoms with Gasteiger partial charge in [-0.1, -0.05) is 19.1 Å². The third-order valence-electron chi connectivity index (χ3n) is 8.12. The number of hydrogen-bond acceptors (Lipinski definition) is 7. The lowest BCUT2D eigenvalue weighted by atomic mass is 10.0. The maximum atomic E-state index is 14.2. The van der Waals surface area contributed by atoms with Crippen LogP contribution in [0, 0.1) is 5.92 Å². The molecule has 1 aliphatic rings. The number of carbonyl (C=O) groups excluding carboxylic acids is 2. The molecule has 0 bridgehead atoms. The van der Waals surface area contributed by atoms with Crippen molar-refractivity contribution in [2.24, 2.45) is 5.92 Å². The molecule has 3 N–H and O–H groups in total. The Morgan fingerprint density at radius 3 is 2.47 bits per heavy atom. The van der Waals surface area contributed by atoms with Crippen molar-refractivity contribution in [1.29, 1.82) is 0 Å². The number of anilines is 1. The number of carboxylic acids is 1. The van der Waals surface area contributed by atoms with Gasteiger partial charge in [0.25, 0.3) is 5.91 Å². The number of carbonyl (C=O) groups is 3. The van der Waals surface area contributed by atoms with Gasteiger partial charge >= 0.3 is 12.1 Å². The number of nitrogens with one attached hydrogen (secondary N) is 1. The van der Waals surface area contributed by atoms with E-state index in [2.05, 4.69) is 10.2 Å². The molecule has 0 unspecified atom stereocenters. The van der Waals surface area contributed by atoms with Crippen LogP contribution in [0.1, 0.15) is 79.2 Å². The molecule has 0 fully saturated rings. The minimum absolute atomic E-state index is 0.120. The van der Waals surface area contributed by atoms with Gasteiger partial charge < -0.3 is 29.9 Å². The predicted octanol–water partition coefficient (Wildman–Crippen LogP) is 5.59. The highest BCUT2D eigenvalue weighted by Gasteiger charge is 2.31. The number of halogens is 3. The number of amides is 2. The highest BCUT2D eigenvalue weighted by Crippen LogP contribution is 2.29. The molecule has 1 aliphatic heterocycles. The third-order valence-corrected chi connectivity index (χ3v) is 8.12. The second-order valence-corrected chi connectivity index (χ2v) is 12.4. The van der Waals surface area contributed by atoms with Gasteiger partial charge in [0, 0.05) is 44.3 Å². The first-order valence-electron chi connectivity index (χ1n) is 15.9. The summed E-state index contributed by atoms with van der Waals surface area (Å²) in [6.45, 7) is 7.00. The van der Waals surface area contributed by atoms with E-state index in [1.807, 2.05) is 20.9 Å². The Kier molecular flexibility index (Phi) is 14.0. The number of benzene rings is 2. The van der Waals surface area contributed by atoms with Crippen LogP contribution >= 0.6 is 0 Å². The standard InChI is InChI=1S/C34H46F3N3O7/c1-22-18-40(23(2)21-41)32(43)28-17-27(38-31(42)14-15-34(35,36)37)12-13-29(28)47-24(3)7-5-6-16-46-30(22)20-39(4)19-25-8-10-26(11-9-25)33(44)45/h8-13,17,22-24,30,41H,5-7,14-16,18-21H2,1-4H3,(H,38,42)(H,44,45)/t22-,23+,24+,30+/m1/s1. The Bertz CT molecular complexity index is 1340. The molecule has 13 heteroatoms. The zero-order chi connectivity index (χ0) is 34.7. The molecule has 4 atom stereocenters. The Morgan fingerprint density at radius 1 is 1.13 bits per heavy atom. The van der Waals surface area contributed by atoms with Crippen molar-refractivity contribution < 1.29 is 47.2 Å². The molecule has 0 saturated carbocycles. The van der Waals surface area contributed by atoms with Gasteiger partial charge in [-0.05, 0) is 76.1 Å². The normalized spacial score (nSPS) is 20.6. The Balaban J connectivity index is 1.87. The lowest BCUT2D eigenvalue weighted by Gasteiger charge is -2.36. The van der Waals surface area contributed by atoms with Gasteiger partial charge in [-0.2, -0.15) is 13.2 Å². The van der Waals surface area contributed by atoms with E-state index in [1.54, 1.807) is 31.2 Å². The number of aliphatic hydroxyl groups is 1. The summed E-state index contributed by atoms with van der Waals surface area (Å²) in [6.07, 6.45) is -4.80. The summed E-state index contributed by atoms with van der Waals surface area (Å²) in [4.78, 5) is 41.3. The first-order valence-corrected chi connectivity index (χ1v) is 15.9. The zero-order valence-electron chi connectivity index (χ0n) is 27.4. The van der Waals surface area contributed by atoms with Crippen LogP contribution in [-0.2, 0) is 16.1 Å². The quantitative estimate of drug-likeness (QED) is 0.300. The first kappa shape index (κ1) is 37.8. The van der Waals surface area contributed by atoms with Crippen molar-refractivity contribution in [3.63, 3.8) is 0 Å². The average molecular weight is 666 g/mol. The number of aromatic carboxylic acids is 1. The molecule has 1 heterocycles. The molecular formula is C34H46F3N3O7. The number of aliphatic hydroxyl groups excluding tert-OH is 1. The van der Waals surface area contributed by atoms with Gasteiger partial charge in [0.15, 0.2) is 0 Å². The van der Waals surface area contributed by atoms with Gasteiger partial charge in [0.05, 0.1) is 42.4 Å². The van der Waals surface area contributed by atoms with Crippen molar-refractivity contribution >= 4 is 23.5 Å². The van der Waals surface area contributed by atoms with E-state index in [4.69, 9.17) is 9.47 Å². The number of hydrogen-bond donors (Lipinski definition) is 3. The zero-order valence-corrected chi connectivity index (χ0v) is 27.4. The van der Waals surface area contributed by atoms with E-state index in [0.717, 1.165) is 18.4 Å². The van der Waals surface area contributed by atoms with E-state index in [-0.39, 0.29) is 53.8 Å². The molecule has 3 rings (SSSR count). The molecule has 0 radical (unpaired) electrons. The van der Waals surface area contributed by atoms with E-state index in [1.165, 1.54) is 23.1 Å². The highest BCUT2D eigenvalue weighted by molar-refractivity contribution is 5.99. The molecule has 0 aromatic heterocycles. The minimum Gasteiger partial charge on any atom is -0.490 e. The van der Waals surface area contributed by atoms with Gasteiger partial charge in [0.1, 0.15) is 5.75 Å². The molecule has 2 aromatic rings. The fourth-order valence-corrected chi connectivity index (χ4v) is 5.38. The number of ether oxygens (including phenoxy) is 2. The summed E-state index contributed by atoms with van der Waals surface area (Å²) < 4.78 is 50.5. The maximum Gasteiger partial charge on any atom is 0.389 e. The molecule has 2 aromatic carbocycles. The first-order chi connectivity index (χ1) is 22.2. The van der Waals surface area contributed by atoms with Gasteiger partial charge in [-0.15, -0.1) is 0 Å². The van der Waals surface area contributed by atoms with E-state index >= 15 is 0 Å². The molecule has 0 spiro atoms. The van der Waals surface area contributed by atoms with Crippen molar-refractivity contribution in [3.8, 4) is 5.75 Å². The second kappa shape index (κ2) is 17.5. The van der Waals surface area contributed by atoms with Crippen LogP contribution in [0.3, 0.4) is 0 Å². The number of alkyl halides is 3. The maximum absolute atomic E-state index is 14.2. The van der Waals surface area contributed by atoms with E-state index in [0.29, 0.717) is 26.1 Å². The van der Waals surface area contributed by atoms with Crippen LogP contribution in [0.4, 0.5) is 18.9 Å². The number of likely N-dealkylation sites (N-methyl/N-ethyl adjacent to an activating group) is 1. The highest BCUT2D eigenvalue weighted by atomic mass is 19.4. The molecule has 260 valence electrons. The number of nitrogens with zero attached hydrogens (tertiary/aromatic N) is 2. The Morgan fingerprint density at radius 2 is 1.83 bits per heavy atom. The monoisotopic (exact) mass is 665 g/mol. The van der Waals surface area contributed by atoms with Crippen LogP contribution in [0.15, 0.2) is 42.5 Å². The van der Waals surface area contributed by atoms with Crippen LogP contribution < -0.4 is 10.1 Å². The number of fused-ring (bicyclic) bond motifs is 1. The topological polar surface area (TPSA) is 129 Å². The fraction of sp³-hybridized carbons (Fsp3) is 0.559. The van der Waals surface area contributed by atoms with Crippen molar-refractivity contribution in [3.05, 3.63) is 59.2 Å². The van der Waals surface area contributed by atoms with Crippen molar-refractivity contribution in [2.75, 3.05) is 38.7 Å². The average Bonchev–Trinajstić information content (AvgIpc) is 3.01. The number of carboxylic acid groups (broad SMARTS) is 1. The van der Waals surface area contributed by atoms with Crippen molar-refractivity contribution in [1.82, 2.24) is 9.80 Å². The summed E-state index contributed by atoms with van der Waals surface area (Å²) in [5.74, 6) is -2.21. The largest absolute Gasteiger partial charge is 0.490 e. The van der Waals surface area contributed by atoms with E-state index in [9.17, 15) is 37.8 Å². The number of rotatable bonds is 10. The summed E-state index contributed by atoms with van der Waals surface area (Å²) in [5.41, 5.74) is 1.42. The second-order valence-electron chi connectivity index (χ2n) is 12.4. The fourth-order valence-electron chi connectivity index (χ4n) is 5.38. The van der Waals surface area contributed by atoms with Crippen LogP contribution in [0.5, 0.6) is 5.75 Å². The summed E-state index contributed by atoms with van der Waals surface area (Å²) in [5, 5.41) is 21.8. The van der Waals surface area contributed by atoms with Crippen LogP contribution in [-0.4, -0.2) is 95.6 Å². The molecular weight excluding hydrogens is 619 g/mol. The molecule has 0 saturated heterocycles. The Labute approximate surface area is 273 Å². The smallest absolute Gasteiger partial charge is 0.389 e. The van der Waals surface area contributed by atoms with Crippen LogP contribution in [0.25, 0.3) is 0 Å². The van der Waals surface area contributed by atoms with Crippen molar-refractivity contribution in [2.45, 2.75) is 83.8 Å². The minimum atomic E-state index is -4.48. The molecule has 10 nitrogen and oxygen atoms in total. The summed E-state index contributed by atoms with van der Waals surface area (Å²) in [7, 11) is 1.94. The summed E-state index contributed by atoms with van der Waals surface area (Å²) >= 11 is 0. The summed E-state index contributed by atoms with van der Waals surface area (Å²) in [6, 6.07) is 10.5. The van der Waals surface area contributed by atoms with Crippen LogP contribution in [0.2, 0.25) is 0 Å². The lowest BCUT2D eigenvalue weighted by molar-refractivity contribution is -0.142. The van der Waals surface area contributed by atoms with Gasteiger partial charge in [-0.25, -0.2) is 4.79 Å². The van der Waals surface area contributed by atoms with Gasteiger partial charge in [0.2, 0.25) is 5.91 Å². The van der Waals surface area contributed by atoms with E-state index < -0.39 is 42.8 Å². The predicted molar refractivity (Wildman–Crippen MR) is 171 cm³/mol. The molecule has 2 amide bonds. The Hall–Kier alpha value is -3.68. The SMILES string of the molecule is C[C@@H]1CN([C@@H](C)CO)C(=O)c2cc(NC(=O)CCC(F)(F)F)ccc2O[C@@H](C)CCCCO[C@H]1CN(C)Cc1ccc(C(=O)O)cc1.